The Labute approximate surface area is 267 Å². The van der Waals surface area contributed by atoms with Crippen LogP contribution in [0, 0.1) is 6.92 Å². The maximum absolute atomic E-state index is 14.8. The summed E-state index contributed by atoms with van der Waals surface area (Å²) in [5.74, 6) is -1.14. The van der Waals surface area contributed by atoms with Gasteiger partial charge in [-0.25, -0.2) is 4.90 Å². The molecular formula is C40H25F3N2O2. The molecule has 1 aromatic heterocycles. The van der Waals surface area contributed by atoms with Crippen LogP contribution in [0.25, 0.3) is 49.7 Å². The van der Waals surface area contributed by atoms with E-state index in [1.54, 1.807) is 36.4 Å². The number of amides is 2. The number of aryl methyl sites for hydroxylation is 1. The van der Waals surface area contributed by atoms with Crippen LogP contribution in [0.15, 0.2) is 133 Å². The van der Waals surface area contributed by atoms with E-state index in [0.29, 0.717) is 33.1 Å². The summed E-state index contributed by atoms with van der Waals surface area (Å²) in [5, 5.41) is 1.03. The second-order valence-corrected chi connectivity index (χ2v) is 11.6. The predicted molar refractivity (Wildman–Crippen MR) is 179 cm³/mol. The molecular weight excluding hydrogens is 597 g/mol. The average Bonchev–Trinajstić information content (AvgIpc) is 3.56. The molecule has 0 saturated carbocycles. The Morgan fingerprint density at radius 2 is 1.06 bits per heavy atom. The molecule has 0 N–H and O–H groups in total. The Balaban J connectivity index is 1.43. The third-order valence-corrected chi connectivity index (χ3v) is 8.88. The number of fused-ring (bicyclic) bond motifs is 4. The summed E-state index contributed by atoms with van der Waals surface area (Å²) in [7, 11) is 0. The van der Waals surface area contributed by atoms with Gasteiger partial charge in [0.15, 0.2) is 0 Å². The molecule has 8 rings (SSSR count). The fraction of sp³-hybridized carbons (Fsp3) is 0.0500. The quantitative estimate of drug-likeness (QED) is 0.183. The molecule has 0 atom stereocenters. The number of hydrogen-bond acceptors (Lipinski definition) is 2. The van der Waals surface area contributed by atoms with Crippen LogP contribution in [0.5, 0.6) is 0 Å². The molecule has 2 heterocycles. The molecule has 0 fully saturated rings. The number of para-hydroxylation sites is 3. The molecule has 6 aromatic carbocycles. The van der Waals surface area contributed by atoms with Crippen LogP contribution < -0.4 is 4.90 Å². The molecule has 2 amide bonds. The van der Waals surface area contributed by atoms with Gasteiger partial charge < -0.3 is 4.57 Å². The summed E-state index contributed by atoms with van der Waals surface area (Å²) in [4.78, 5) is 30.4. The van der Waals surface area contributed by atoms with E-state index in [1.807, 2.05) is 91.9 Å². The van der Waals surface area contributed by atoms with Crippen LogP contribution in [0.1, 0.15) is 31.8 Å². The van der Waals surface area contributed by atoms with Crippen LogP contribution in [0.3, 0.4) is 0 Å². The van der Waals surface area contributed by atoms with Gasteiger partial charge in [0.25, 0.3) is 11.8 Å². The van der Waals surface area contributed by atoms with E-state index in [2.05, 4.69) is 0 Å². The third-order valence-electron chi connectivity index (χ3n) is 8.88. The summed E-state index contributed by atoms with van der Waals surface area (Å²) >= 11 is 0. The van der Waals surface area contributed by atoms with E-state index in [4.69, 9.17) is 0 Å². The number of rotatable bonds is 4. The molecule has 0 spiro atoms. The molecule has 228 valence electrons. The Kier molecular flexibility index (Phi) is 6.41. The van der Waals surface area contributed by atoms with E-state index in [-0.39, 0.29) is 22.3 Å². The van der Waals surface area contributed by atoms with Gasteiger partial charge in [-0.3, -0.25) is 9.59 Å². The van der Waals surface area contributed by atoms with Crippen LogP contribution in [0.2, 0.25) is 0 Å². The minimum absolute atomic E-state index is 0.0541. The molecule has 0 bridgehead atoms. The summed E-state index contributed by atoms with van der Waals surface area (Å²) in [6.07, 6.45) is -4.66. The van der Waals surface area contributed by atoms with Gasteiger partial charge in [-0.15, -0.1) is 0 Å². The van der Waals surface area contributed by atoms with Crippen LogP contribution in [-0.4, -0.2) is 16.4 Å². The number of imide groups is 1. The van der Waals surface area contributed by atoms with Crippen molar-refractivity contribution in [3.05, 3.63) is 156 Å². The lowest BCUT2D eigenvalue weighted by Gasteiger charge is -2.23. The van der Waals surface area contributed by atoms with E-state index in [9.17, 15) is 22.8 Å². The predicted octanol–water partition coefficient (Wildman–Crippen LogP) is 10.2. The van der Waals surface area contributed by atoms with Gasteiger partial charge in [0.05, 0.1) is 39.1 Å². The van der Waals surface area contributed by atoms with E-state index >= 15 is 0 Å². The molecule has 1 aliphatic heterocycles. The summed E-state index contributed by atoms with van der Waals surface area (Å²) in [6, 6.07) is 38.9. The van der Waals surface area contributed by atoms with Crippen LogP contribution in [-0.2, 0) is 6.18 Å². The summed E-state index contributed by atoms with van der Waals surface area (Å²) in [5.41, 5.74) is 4.17. The first kappa shape index (κ1) is 28.5. The maximum atomic E-state index is 14.8. The van der Waals surface area contributed by atoms with Gasteiger partial charge in [0.1, 0.15) is 0 Å². The molecule has 0 aliphatic carbocycles. The van der Waals surface area contributed by atoms with Crippen molar-refractivity contribution >= 4 is 39.3 Å². The lowest BCUT2D eigenvalue weighted by atomic mass is 9.95. The third kappa shape index (κ3) is 4.31. The van der Waals surface area contributed by atoms with Crippen molar-refractivity contribution in [2.24, 2.45) is 0 Å². The first-order chi connectivity index (χ1) is 22.8. The fourth-order valence-corrected chi connectivity index (χ4v) is 6.90. The minimum atomic E-state index is -4.66. The first-order valence-electron chi connectivity index (χ1n) is 15.1. The van der Waals surface area contributed by atoms with Gasteiger partial charge in [-0.2, -0.15) is 13.2 Å². The van der Waals surface area contributed by atoms with Crippen molar-refractivity contribution < 1.29 is 22.8 Å². The highest BCUT2D eigenvalue weighted by atomic mass is 19.4. The summed E-state index contributed by atoms with van der Waals surface area (Å²) < 4.78 is 45.3. The highest BCUT2D eigenvalue weighted by Crippen LogP contribution is 2.46. The Bertz CT molecular complexity index is 2340. The Hall–Kier alpha value is -5.95. The van der Waals surface area contributed by atoms with Gasteiger partial charge in [0.2, 0.25) is 0 Å². The lowest BCUT2D eigenvalue weighted by Crippen LogP contribution is -2.30. The smallest absolute Gasteiger partial charge is 0.308 e. The second-order valence-electron chi connectivity index (χ2n) is 11.6. The average molecular weight is 623 g/mol. The zero-order chi connectivity index (χ0) is 32.4. The number of nitrogens with zero attached hydrogens (tertiary/aromatic N) is 2. The topological polar surface area (TPSA) is 42.3 Å². The second kappa shape index (κ2) is 10.6. The van der Waals surface area contributed by atoms with Crippen molar-refractivity contribution in [3.63, 3.8) is 0 Å². The van der Waals surface area contributed by atoms with Gasteiger partial charge in [0, 0.05) is 21.9 Å². The maximum Gasteiger partial charge on any atom is 0.418 e. The molecule has 7 heteroatoms. The Morgan fingerprint density at radius 3 is 1.68 bits per heavy atom. The molecule has 47 heavy (non-hydrogen) atoms. The number of carbonyl (C=O) groups is 2. The number of anilines is 1. The van der Waals surface area contributed by atoms with Crippen molar-refractivity contribution in [1.82, 2.24) is 4.57 Å². The molecule has 1 aliphatic rings. The highest BCUT2D eigenvalue weighted by Gasteiger charge is 2.42. The Morgan fingerprint density at radius 1 is 0.532 bits per heavy atom. The van der Waals surface area contributed by atoms with Gasteiger partial charge in [-0.05, 0) is 41.8 Å². The van der Waals surface area contributed by atoms with Crippen LogP contribution in [0.4, 0.5) is 18.9 Å². The van der Waals surface area contributed by atoms with Gasteiger partial charge in [-0.1, -0.05) is 115 Å². The number of hydrogen-bond donors (Lipinski definition) is 0. The fourth-order valence-electron chi connectivity index (χ4n) is 6.90. The highest BCUT2D eigenvalue weighted by molar-refractivity contribution is 6.37. The zero-order valence-electron chi connectivity index (χ0n) is 25.0. The molecule has 7 aromatic rings. The summed E-state index contributed by atoms with van der Waals surface area (Å²) in [6.45, 7) is 1.83. The molecule has 0 saturated heterocycles. The lowest BCUT2D eigenvalue weighted by molar-refractivity contribution is -0.136. The number of aromatic nitrogens is 1. The minimum Gasteiger partial charge on any atom is -0.308 e. The van der Waals surface area contributed by atoms with Crippen molar-refractivity contribution in [1.29, 1.82) is 0 Å². The molecule has 0 radical (unpaired) electrons. The van der Waals surface area contributed by atoms with Gasteiger partial charge >= 0.3 is 6.18 Å². The monoisotopic (exact) mass is 622 g/mol. The van der Waals surface area contributed by atoms with Crippen LogP contribution >= 0.6 is 0 Å². The van der Waals surface area contributed by atoms with Crippen molar-refractivity contribution in [3.8, 4) is 27.9 Å². The normalized spacial score (nSPS) is 13.1. The SMILES string of the molecule is Cc1cccc2c3cccc(C(F)(F)F)c3n(-c3cccc4c3C(=O)N(c3c(-c5ccccc5)cccc3-c3ccccc3)C4=O)c12. The van der Waals surface area contributed by atoms with Crippen molar-refractivity contribution in [2.45, 2.75) is 13.1 Å². The number of benzene rings is 6. The first-order valence-corrected chi connectivity index (χ1v) is 15.1. The van der Waals surface area contributed by atoms with E-state index < -0.39 is 23.6 Å². The number of alkyl halides is 3. The standard InChI is InChI=1S/C40H25F3N2O2/c1-24-12-8-19-29-30-20-10-22-32(40(41,42)43)37(30)44(35(24)29)33-23-11-21-31-34(33)39(47)45(38(31)46)36-27(25-13-4-2-5-14-25)17-9-18-28(36)26-15-6-3-7-16-26/h2-23H,1H3. The van der Waals surface area contributed by atoms with E-state index in [0.717, 1.165) is 22.8 Å². The molecule has 0 unspecified atom stereocenters. The largest absolute Gasteiger partial charge is 0.418 e. The number of carbonyl (C=O) groups excluding carboxylic acids is 2. The van der Waals surface area contributed by atoms with E-state index in [1.165, 1.54) is 15.5 Å². The van der Waals surface area contributed by atoms with Crippen molar-refractivity contribution in [2.75, 3.05) is 4.90 Å². The molecule has 4 nitrogen and oxygen atoms in total. The number of halogens is 3. The zero-order valence-corrected chi connectivity index (χ0v) is 25.0.